The predicted octanol–water partition coefficient (Wildman–Crippen LogP) is 0.709. The molecule has 0 aliphatic heterocycles. The first kappa shape index (κ1) is 23.0. The molecule has 0 amide bonds. The van der Waals surface area contributed by atoms with Crippen molar-refractivity contribution in [3.8, 4) is 34.5 Å². The molecule has 0 unspecified atom stereocenters. The number of methoxy groups -OCH3 is 2. The van der Waals surface area contributed by atoms with Gasteiger partial charge in [-0.1, -0.05) is 0 Å². The maximum absolute atomic E-state index is 12.8. The zero-order valence-electron chi connectivity index (χ0n) is 15.1. The topological polar surface area (TPSA) is 203 Å². The molecule has 0 aromatic heterocycles. The predicted molar refractivity (Wildman–Crippen MR) is 97.1 cm³/mol. The van der Waals surface area contributed by atoms with Crippen LogP contribution in [0.25, 0.3) is 0 Å². The number of ether oxygens (including phenoxy) is 2. The molecular formula is C15H14O13S2. The van der Waals surface area contributed by atoms with Gasteiger partial charge in [0, 0.05) is 24.3 Å². The van der Waals surface area contributed by atoms with Gasteiger partial charge in [0.05, 0.1) is 25.3 Å². The highest BCUT2D eigenvalue weighted by Gasteiger charge is 2.25. The Kier molecular flexibility index (Phi) is 6.31. The fourth-order valence-electron chi connectivity index (χ4n) is 2.28. The summed E-state index contributed by atoms with van der Waals surface area (Å²) in [6, 6.07) is 2.97. The number of phenols is 2. The third kappa shape index (κ3) is 5.41. The first-order valence-corrected chi connectivity index (χ1v) is 10.2. The molecule has 0 heterocycles. The van der Waals surface area contributed by atoms with Crippen molar-refractivity contribution in [2.24, 2.45) is 0 Å². The molecule has 0 aliphatic rings. The van der Waals surface area contributed by atoms with Gasteiger partial charge < -0.3 is 28.1 Å². The van der Waals surface area contributed by atoms with Crippen LogP contribution < -0.4 is 17.8 Å². The molecule has 0 bridgehead atoms. The van der Waals surface area contributed by atoms with E-state index in [2.05, 4.69) is 8.37 Å². The van der Waals surface area contributed by atoms with Crippen LogP contribution >= 0.6 is 0 Å². The Hall–Kier alpha value is -3.27. The highest BCUT2D eigenvalue weighted by molar-refractivity contribution is 7.81. The van der Waals surface area contributed by atoms with Crippen LogP contribution in [0.5, 0.6) is 34.5 Å². The molecule has 0 aliphatic carbocycles. The SMILES string of the molecule is COc1cc(O)c(C(=O)c2cc(OS(=O)(=O)O)c(OC)cc2O)cc1OS(=O)(=O)O. The Balaban J connectivity index is 2.65. The molecule has 164 valence electrons. The fourth-order valence-corrected chi connectivity index (χ4v) is 3.00. The summed E-state index contributed by atoms with van der Waals surface area (Å²) in [6.45, 7) is 0. The van der Waals surface area contributed by atoms with Gasteiger partial charge >= 0.3 is 20.8 Å². The number of hydrogen-bond acceptors (Lipinski definition) is 11. The smallest absolute Gasteiger partial charge is 0.446 e. The Morgan fingerprint density at radius 1 is 0.700 bits per heavy atom. The third-order valence-electron chi connectivity index (χ3n) is 3.44. The molecule has 2 aromatic carbocycles. The van der Waals surface area contributed by atoms with E-state index in [9.17, 15) is 31.8 Å². The van der Waals surface area contributed by atoms with E-state index in [0.717, 1.165) is 26.4 Å². The molecule has 2 rings (SSSR count). The number of hydrogen-bond donors (Lipinski definition) is 4. The molecule has 4 N–H and O–H groups in total. The van der Waals surface area contributed by atoms with Gasteiger partial charge in [0.1, 0.15) is 11.5 Å². The second kappa shape index (κ2) is 8.23. The van der Waals surface area contributed by atoms with Crippen LogP contribution in [0.2, 0.25) is 0 Å². The van der Waals surface area contributed by atoms with E-state index in [4.69, 9.17) is 18.6 Å². The lowest BCUT2D eigenvalue weighted by atomic mass is 10.0. The minimum atomic E-state index is -5.03. The number of aromatic hydroxyl groups is 2. The minimum absolute atomic E-state index is 0.365. The standard InChI is InChI=1S/C15H14O13S2/c1-25-11-5-9(16)7(3-13(11)27-29(19,20)21)15(18)8-4-14(28-30(22,23)24)12(26-2)6-10(8)17/h3-6,16-17H,1-2H3,(H,19,20,21)(H,22,23,24). The lowest BCUT2D eigenvalue weighted by Crippen LogP contribution is -2.11. The van der Waals surface area contributed by atoms with Gasteiger partial charge in [-0.05, 0) is 0 Å². The van der Waals surface area contributed by atoms with Crippen molar-refractivity contribution in [2.75, 3.05) is 14.2 Å². The Labute approximate surface area is 169 Å². The molecule has 13 nitrogen and oxygen atoms in total. The van der Waals surface area contributed by atoms with Crippen LogP contribution in [0.15, 0.2) is 24.3 Å². The van der Waals surface area contributed by atoms with E-state index in [1.165, 1.54) is 0 Å². The van der Waals surface area contributed by atoms with Crippen LogP contribution in [-0.2, 0) is 20.8 Å². The monoisotopic (exact) mass is 466 g/mol. The average molecular weight is 466 g/mol. The molecule has 0 radical (unpaired) electrons. The molecule has 0 fully saturated rings. The van der Waals surface area contributed by atoms with Gasteiger partial charge in [0.25, 0.3) is 0 Å². The number of rotatable bonds is 8. The van der Waals surface area contributed by atoms with Crippen LogP contribution in [0.4, 0.5) is 0 Å². The lowest BCUT2D eigenvalue weighted by molar-refractivity contribution is 0.103. The van der Waals surface area contributed by atoms with E-state index in [-0.39, 0.29) is 11.5 Å². The summed E-state index contributed by atoms with van der Waals surface area (Å²) >= 11 is 0. The zero-order chi connectivity index (χ0) is 22.9. The maximum Gasteiger partial charge on any atom is 0.446 e. The largest absolute Gasteiger partial charge is 0.507 e. The first-order valence-electron chi connectivity index (χ1n) is 7.46. The average Bonchev–Trinajstić information content (AvgIpc) is 2.61. The second-order valence-corrected chi connectivity index (χ2v) is 7.44. The normalized spacial score (nSPS) is 11.6. The summed E-state index contributed by atoms with van der Waals surface area (Å²) in [5.74, 6) is -4.73. The third-order valence-corrected chi connectivity index (χ3v) is 4.22. The van der Waals surface area contributed by atoms with Crippen LogP contribution in [-0.4, -0.2) is 56.2 Å². The number of carbonyl (C=O) groups is 1. The van der Waals surface area contributed by atoms with Crippen LogP contribution in [0.3, 0.4) is 0 Å². The van der Waals surface area contributed by atoms with Crippen LogP contribution in [0.1, 0.15) is 15.9 Å². The number of benzene rings is 2. The van der Waals surface area contributed by atoms with Crippen molar-refractivity contribution in [2.45, 2.75) is 0 Å². The molecule has 2 aromatic rings. The van der Waals surface area contributed by atoms with Gasteiger partial charge in [-0.2, -0.15) is 16.8 Å². The van der Waals surface area contributed by atoms with Gasteiger partial charge in [-0.3, -0.25) is 13.9 Å². The Bertz CT molecular complexity index is 1110. The first-order chi connectivity index (χ1) is 13.8. The van der Waals surface area contributed by atoms with Crippen molar-refractivity contribution < 1.29 is 58.8 Å². The quantitative estimate of drug-likeness (QED) is 0.313. The highest BCUT2D eigenvalue weighted by atomic mass is 32.3. The summed E-state index contributed by atoms with van der Waals surface area (Å²) in [5, 5.41) is 20.2. The molecule has 0 spiro atoms. The van der Waals surface area contributed by atoms with Gasteiger partial charge in [-0.25, -0.2) is 0 Å². The van der Waals surface area contributed by atoms with Gasteiger partial charge in [0.2, 0.25) is 5.78 Å². The second-order valence-electron chi connectivity index (χ2n) is 5.39. The summed E-state index contributed by atoms with van der Waals surface area (Å²) in [7, 11) is -7.89. The number of carbonyl (C=O) groups excluding carboxylic acids is 1. The Morgan fingerprint density at radius 3 is 1.30 bits per heavy atom. The van der Waals surface area contributed by atoms with E-state index in [1.807, 2.05) is 0 Å². The van der Waals surface area contributed by atoms with Crippen molar-refractivity contribution >= 4 is 26.6 Å². The number of ketones is 1. The fraction of sp³-hybridized carbons (Fsp3) is 0.133. The van der Waals surface area contributed by atoms with Gasteiger partial charge in [0.15, 0.2) is 23.0 Å². The van der Waals surface area contributed by atoms with E-state index >= 15 is 0 Å². The van der Waals surface area contributed by atoms with Crippen molar-refractivity contribution in [3.05, 3.63) is 35.4 Å². The van der Waals surface area contributed by atoms with Crippen molar-refractivity contribution in [1.82, 2.24) is 0 Å². The summed E-state index contributed by atoms with van der Waals surface area (Å²) in [4.78, 5) is 12.8. The zero-order valence-corrected chi connectivity index (χ0v) is 16.7. The Morgan fingerprint density at radius 2 is 1.03 bits per heavy atom. The minimum Gasteiger partial charge on any atom is -0.507 e. The van der Waals surface area contributed by atoms with Crippen molar-refractivity contribution in [1.29, 1.82) is 0 Å². The molecule has 0 atom stereocenters. The highest BCUT2D eigenvalue weighted by Crippen LogP contribution is 2.39. The lowest BCUT2D eigenvalue weighted by Gasteiger charge is -2.14. The summed E-state index contributed by atoms with van der Waals surface area (Å²) in [5.41, 5.74) is -1.26. The molecule has 15 heteroatoms. The summed E-state index contributed by atoms with van der Waals surface area (Å²) < 4.78 is 79.8. The molecular weight excluding hydrogens is 452 g/mol. The summed E-state index contributed by atoms with van der Waals surface area (Å²) in [6.07, 6.45) is 0. The number of phenolic OH excluding ortho intramolecular Hbond substituents is 2. The maximum atomic E-state index is 12.8. The molecule has 0 saturated carbocycles. The van der Waals surface area contributed by atoms with E-state index in [0.29, 0.717) is 12.1 Å². The van der Waals surface area contributed by atoms with Crippen LogP contribution in [0, 0.1) is 0 Å². The van der Waals surface area contributed by atoms with Gasteiger partial charge in [-0.15, -0.1) is 0 Å². The van der Waals surface area contributed by atoms with Crippen molar-refractivity contribution in [3.63, 3.8) is 0 Å². The molecule has 30 heavy (non-hydrogen) atoms. The molecule has 0 saturated heterocycles. The van der Waals surface area contributed by atoms with E-state index < -0.39 is 60.7 Å². The van der Waals surface area contributed by atoms with E-state index in [1.54, 1.807) is 0 Å².